The summed E-state index contributed by atoms with van der Waals surface area (Å²) >= 11 is 0. The summed E-state index contributed by atoms with van der Waals surface area (Å²) in [6.07, 6.45) is 2.02. The topological polar surface area (TPSA) is 49.8 Å². The molecule has 0 radical (unpaired) electrons. The Hall–Kier alpha value is -1.62. The van der Waals surface area contributed by atoms with Crippen LogP contribution in [-0.4, -0.2) is 35.2 Å². The summed E-state index contributed by atoms with van der Waals surface area (Å²) in [5.74, 6) is -0.543. The lowest BCUT2D eigenvalue weighted by Gasteiger charge is -2.34. The van der Waals surface area contributed by atoms with Crippen LogP contribution in [0.15, 0.2) is 18.2 Å². The zero-order chi connectivity index (χ0) is 14.8. The van der Waals surface area contributed by atoms with Crippen molar-refractivity contribution < 1.29 is 19.0 Å². The Morgan fingerprint density at radius 1 is 1.55 bits per heavy atom. The fourth-order valence-corrected chi connectivity index (χ4v) is 3.04. The molecule has 1 saturated heterocycles. The molecule has 0 spiro atoms. The minimum Gasteiger partial charge on any atom is -0.496 e. The van der Waals surface area contributed by atoms with Gasteiger partial charge in [0.15, 0.2) is 0 Å². The van der Waals surface area contributed by atoms with Gasteiger partial charge in [-0.05, 0) is 44.0 Å². The van der Waals surface area contributed by atoms with Gasteiger partial charge in [0.05, 0.1) is 7.11 Å². The van der Waals surface area contributed by atoms with Crippen LogP contribution < -0.4 is 4.74 Å². The molecule has 2 rings (SSSR count). The van der Waals surface area contributed by atoms with Crippen LogP contribution in [0.5, 0.6) is 5.75 Å². The van der Waals surface area contributed by atoms with Gasteiger partial charge in [-0.25, -0.2) is 4.39 Å². The van der Waals surface area contributed by atoms with Gasteiger partial charge >= 0.3 is 5.97 Å². The first-order chi connectivity index (χ1) is 9.53. The third kappa shape index (κ3) is 2.50. The molecule has 4 nitrogen and oxygen atoms in total. The van der Waals surface area contributed by atoms with Gasteiger partial charge in [-0.2, -0.15) is 0 Å². The van der Waals surface area contributed by atoms with Crippen LogP contribution in [0.1, 0.15) is 31.7 Å². The highest BCUT2D eigenvalue weighted by Crippen LogP contribution is 2.35. The first-order valence-electron chi connectivity index (χ1n) is 6.84. The van der Waals surface area contributed by atoms with Crippen LogP contribution in [0.4, 0.5) is 4.39 Å². The zero-order valence-electron chi connectivity index (χ0n) is 11.9. The molecular formula is C15H20FNO3. The highest BCUT2D eigenvalue weighted by atomic mass is 19.1. The summed E-state index contributed by atoms with van der Waals surface area (Å²) in [6.45, 7) is 2.98. The number of rotatable bonds is 5. The molecule has 1 N–H and O–H groups in total. The number of likely N-dealkylation sites (tertiary alicyclic amines) is 1. The van der Waals surface area contributed by atoms with Gasteiger partial charge in [-0.3, -0.25) is 9.69 Å². The third-order valence-electron chi connectivity index (χ3n) is 4.21. The lowest BCUT2D eigenvalue weighted by Crippen LogP contribution is -2.49. The fraction of sp³-hybridized carbons (Fsp3) is 0.533. The van der Waals surface area contributed by atoms with Crippen LogP contribution in [0, 0.1) is 5.82 Å². The van der Waals surface area contributed by atoms with Gasteiger partial charge in [-0.1, -0.05) is 6.92 Å². The highest BCUT2D eigenvalue weighted by Gasteiger charge is 2.46. The molecule has 0 aromatic heterocycles. The number of nitrogens with zero attached hydrogens (tertiary/aromatic N) is 1. The standard InChI is InChI=1S/C15H20FNO3/c1-3-15(14(18)19)7-4-8-17(15)10-11-9-12(16)5-6-13(11)20-2/h5-6,9H,3-4,7-8,10H2,1-2H3,(H,18,19). The summed E-state index contributed by atoms with van der Waals surface area (Å²) in [5, 5.41) is 9.55. The van der Waals surface area contributed by atoms with Crippen molar-refractivity contribution in [1.29, 1.82) is 0 Å². The lowest BCUT2D eigenvalue weighted by atomic mass is 9.92. The van der Waals surface area contributed by atoms with Crippen molar-refractivity contribution in [2.75, 3.05) is 13.7 Å². The van der Waals surface area contributed by atoms with Crippen molar-refractivity contribution in [3.05, 3.63) is 29.6 Å². The van der Waals surface area contributed by atoms with E-state index in [0.717, 1.165) is 6.42 Å². The van der Waals surface area contributed by atoms with Crippen molar-refractivity contribution in [1.82, 2.24) is 4.90 Å². The smallest absolute Gasteiger partial charge is 0.324 e. The Morgan fingerprint density at radius 3 is 2.90 bits per heavy atom. The van der Waals surface area contributed by atoms with Gasteiger partial charge in [0.1, 0.15) is 17.1 Å². The number of ether oxygens (including phenoxy) is 1. The predicted octanol–water partition coefficient (Wildman–Crippen LogP) is 2.66. The SMILES string of the molecule is CCC1(C(=O)O)CCCN1Cc1cc(F)ccc1OC. The van der Waals surface area contributed by atoms with Crippen LogP contribution >= 0.6 is 0 Å². The summed E-state index contributed by atoms with van der Waals surface area (Å²) in [7, 11) is 1.53. The summed E-state index contributed by atoms with van der Waals surface area (Å²) < 4.78 is 18.6. The van der Waals surface area contributed by atoms with Crippen LogP contribution in [0.25, 0.3) is 0 Å². The van der Waals surface area contributed by atoms with E-state index in [1.807, 2.05) is 11.8 Å². The van der Waals surface area contributed by atoms with Crippen LogP contribution in [-0.2, 0) is 11.3 Å². The van der Waals surface area contributed by atoms with E-state index in [2.05, 4.69) is 0 Å². The minimum absolute atomic E-state index is 0.336. The number of hydrogen-bond donors (Lipinski definition) is 1. The van der Waals surface area contributed by atoms with Gasteiger partial charge in [0.2, 0.25) is 0 Å². The van der Waals surface area contributed by atoms with Crippen LogP contribution in [0.2, 0.25) is 0 Å². The van der Waals surface area contributed by atoms with Crippen molar-refractivity contribution in [2.24, 2.45) is 0 Å². The molecule has 1 unspecified atom stereocenters. The van der Waals surface area contributed by atoms with Crippen molar-refractivity contribution >= 4 is 5.97 Å². The van der Waals surface area contributed by atoms with E-state index in [4.69, 9.17) is 4.74 Å². The van der Waals surface area contributed by atoms with E-state index >= 15 is 0 Å². The molecule has 110 valence electrons. The van der Waals surface area contributed by atoms with E-state index in [9.17, 15) is 14.3 Å². The van der Waals surface area contributed by atoms with E-state index < -0.39 is 11.5 Å². The Balaban J connectivity index is 2.29. The average molecular weight is 281 g/mol. The predicted molar refractivity (Wildman–Crippen MR) is 73.3 cm³/mol. The molecule has 1 aliphatic heterocycles. The maximum absolute atomic E-state index is 13.4. The normalized spacial score (nSPS) is 22.9. The first-order valence-corrected chi connectivity index (χ1v) is 6.84. The first kappa shape index (κ1) is 14.8. The van der Waals surface area contributed by atoms with Crippen LogP contribution in [0.3, 0.4) is 0 Å². The lowest BCUT2D eigenvalue weighted by molar-refractivity contribution is -0.150. The summed E-state index contributed by atoms with van der Waals surface area (Å²) in [5.41, 5.74) is -0.148. The quantitative estimate of drug-likeness (QED) is 0.901. The van der Waals surface area contributed by atoms with Gasteiger partial charge < -0.3 is 9.84 Å². The van der Waals surface area contributed by atoms with E-state index in [1.165, 1.54) is 19.2 Å². The molecule has 1 aromatic rings. The molecule has 1 fully saturated rings. The second-order valence-corrected chi connectivity index (χ2v) is 5.17. The molecule has 0 aliphatic carbocycles. The Morgan fingerprint density at radius 2 is 2.30 bits per heavy atom. The second-order valence-electron chi connectivity index (χ2n) is 5.17. The van der Waals surface area contributed by atoms with Gasteiger partial charge in [0, 0.05) is 12.1 Å². The molecule has 1 aliphatic rings. The van der Waals surface area contributed by atoms with E-state index in [0.29, 0.717) is 37.2 Å². The number of methoxy groups -OCH3 is 1. The summed E-state index contributed by atoms with van der Waals surface area (Å²) in [4.78, 5) is 13.6. The van der Waals surface area contributed by atoms with Crippen molar-refractivity contribution in [2.45, 2.75) is 38.3 Å². The fourth-order valence-electron chi connectivity index (χ4n) is 3.04. The second kappa shape index (κ2) is 5.79. The molecule has 1 aromatic carbocycles. The molecule has 5 heteroatoms. The monoisotopic (exact) mass is 281 g/mol. The van der Waals surface area contributed by atoms with Gasteiger partial charge in [0.25, 0.3) is 0 Å². The number of halogens is 1. The number of carboxylic acids is 1. The molecule has 0 amide bonds. The van der Waals surface area contributed by atoms with E-state index in [-0.39, 0.29) is 5.82 Å². The largest absolute Gasteiger partial charge is 0.496 e. The number of aliphatic carboxylic acids is 1. The molecular weight excluding hydrogens is 261 g/mol. The maximum Gasteiger partial charge on any atom is 0.324 e. The van der Waals surface area contributed by atoms with Crippen molar-refractivity contribution in [3.8, 4) is 5.75 Å². The highest BCUT2D eigenvalue weighted by molar-refractivity contribution is 5.79. The van der Waals surface area contributed by atoms with Gasteiger partial charge in [-0.15, -0.1) is 0 Å². The average Bonchev–Trinajstić information content (AvgIpc) is 2.83. The van der Waals surface area contributed by atoms with Crippen molar-refractivity contribution in [3.63, 3.8) is 0 Å². The maximum atomic E-state index is 13.4. The Labute approximate surface area is 118 Å². The number of benzene rings is 1. The molecule has 1 atom stereocenters. The molecule has 1 heterocycles. The number of hydrogen-bond acceptors (Lipinski definition) is 3. The summed E-state index contributed by atoms with van der Waals surface area (Å²) in [6, 6.07) is 4.34. The molecule has 0 saturated carbocycles. The Bertz CT molecular complexity index is 506. The molecule has 0 bridgehead atoms. The zero-order valence-corrected chi connectivity index (χ0v) is 11.9. The van der Waals surface area contributed by atoms with E-state index in [1.54, 1.807) is 6.07 Å². The minimum atomic E-state index is -0.836. The number of carboxylic acid groups (broad SMARTS) is 1. The molecule has 20 heavy (non-hydrogen) atoms. The number of carbonyl (C=O) groups is 1. The Kier molecular flexibility index (Phi) is 4.28. The third-order valence-corrected chi connectivity index (χ3v) is 4.21.